The molecule has 1 atom stereocenters. The van der Waals surface area contributed by atoms with Crippen molar-refractivity contribution in [2.45, 2.75) is 18.9 Å². The SMILES string of the molecule is NNC(c1ccc(Cl)c(Cl)c1)c1cccc2c1OCCC2. The first-order chi connectivity index (χ1) is 10.2. The van der Waals surface area contributed by atoms with Crippen LogP contribution in [0.25, 0.3) is 0 Å². The maximum absolute atomic E-state index is 6.11. The zero-order valence-corrected chi connectivity index (χ0v) is 12.9. The van der Waals surface area contributed by atoms with Crippen molar-refractivity contribution in [3.8, 4) is 5.75 Å². The van der Waals surface area contributed by atoms with Gasteiger partial charge < -0.3 is 4.74 Å². The Morgan fingerprint density at radius 2 is 2.00 bits per heavy atom. The Labute approximate surface area is 134 Å². The van der Waals surface area contributed by atoms with Crippen LogP contribution in [0, 0.1) is 0 Å². The summed E-state index contributed by atoms with van der Waals surface area (Å²) < 4.78 is 5.86. The molecule has 5 heteroatoms. The van der Waals surface area contributed by atoms with Crippen molar-refractivity contribution < 1.29 is 4.74 Å². The molecule has 1 aliphatic heterocycles. The third kappa shape index (κ3) is 2.87. The van der Waals surface area contributed by atoms with Gasteiger partial charge in [-0.15, -0.1) is 0 Å². The van der Waals surface area contributed by atoms with E-state index < -0.39 is 0 Å². The van der Waals surface area contributed by atoms with Crippen LogP contribution in [0.2, 0.25) is 10.0 Å². The van der Waals surface area contributed by atoms with Crippen molar-refractivity contribution in [3.05, 3.63) is 63.1 Å². The molecule has 0 bridgehead atoms. The summed E-state index contributed by atoms with van der Waals surface area (Å²) in [5.74, 6) is 6.70. The molecule has 0 aliphatic carbocycles. The Kier molecular flexibility index (Phi) is 4.36. The molecule has 1 aliphatic rings. The molecule has 1 heterocycles. The molecule has 2 aromatic carbocycles. The quantitative estimate of drug-likeness (QED) is 0.666. The first-order valence-electron chi connectivity index (χ1n) is 6.86. The third-order valence-corrected chi connectivity index (χ3v) is 4.46. The molecule has 0 aromatic heterocycles. The second-order valence-electron chi connectivity index (χ2n) is 5.06. The van der Waals surface area contributed by atoms with Gasteiger partial charge in [0.1, 0.15) is 5.75 Å². The van der Waals surface area contributed by atoms with Gasteiger partial charge in [0.05, 0.1) is 22.7 Å². The average Bonchev–Trinajstić information content (AvgIpc) is 2.52. The molecular formula is C16H16Cl2N2O. The molecule has 0 radical (unpaired) electrons. The van der Waals surface area contributed by atoms with Crippen LogP contribution in [0.3, 0.4) is 0 Å². The van der Waals surface area contributed by atoms with Gasteiger partial charge in [0.25, 0.3) is 0 Å². The highest BCUT2D eigenvalue weighted by Crippen LogP contribution is 2.36. The number of hydrogen-bond acceptors (Lipinski definition) is 3. The number of para-hydroxylation sites is 1. The van der Waals surface area contributed by atoms with E-state index in [1.165, 1.54) is 5.56 Å². The standard InChI is InChI=1S/C16H16Cl2N2O/c17-13-7-6-11(9-14(13)18)15(20-19)12-5-1-3-10-4-2-8-21-16(10)12/h1,3,5-7,9,15,20H,2,4,8,19H2. The Hall–Kier alpha value is -1.26. The van der Waals surface area contributed by atoms with Crippen LogP contribution in [0.15, 0.2) is 36.4 Å². The molecule has 21 heavy (non-hydrogen) atoms. The molecule has 0 saturated carbocycles. The summed E-state index contributed by atoms with van der Waals surface area (Å²) >= 11 is 12.1. The van der Waals surface area contributed by atoms with E-state index in [0.29, 0.717) is 10.0 Å². The van der Waals surface area contributed by atoms with E-state index in [0.717, 1.165) is 36.3 Å². The molecule has 110 valence electrons. The Balaban J connectivity index is 2.06. The molecule has 0 amide bonds. The minimum Gasteiger partial charge on any atom is -0.493 e. The smallest absolute Gasteiger partial charge is 0.127 e. The van der Waals surface area contributed by atoms with E-state index in [1.807, 2.05) is 24.3 Å². The predicted molar refractivity (Wildman–Crippen MR) is 85.9 cm³/mol. The highest BCUT2D eigenvalue weighted by atomic mass is 35.5. The van der Waals surface area contributed by atoms with Crippen LogP contribution in [-0.2, 0) is 6.42 Å². The summed E-state index contributed by atoms with van der Waals surface area (Å²) in [7, 11) is 0. The summed E-state index contributed by atoms with van der Waals surface area (Å²) in [5, 5.41) is 1.04. The maximum Gasteiger partial charge on any atom is 0.127 e. The lowest BCUT2D eigenvalue weighted by Gasteiger charge is -2.25. The lowest BCUT2D eigenvalue weighted by Crippen LogP contribution is -2.29. The fraction of sp³-hybridized carbons (Fsp3) is 0.250. The van der Waals surface area contributed by atoms with Crippen molar-refractivity contribution in [1.29, 1.82) is 0 Å². The van der Waals surface area contributed by atoms with Crippen LogP contribution >= 0.6 is 23.2 Å². The number of rotatable bonds is 3. The molecule has 3 nitrogen and oxygen atoms in total. The molecule has 1 unspecified atom stereocenters. The summed E-state index contributed by atoms with van der Waals surface area (Å²) in [5.41, 5.74) is 6.05. The van der Waals surface area contributed by atoms with Gasteiger partial charge in [0, 0.05) is 5.56 Å². The number of hydrogen-bond donors (Lipinski definition) is 2. The summed E-state index contributed by atoms with van der Waals surface area (Å²) in [6.07, 6.45) is 2.08. The van der Waals surface area contributed by atoms with Gasteiger partial charge in [-0.1, -0.05) is 47.5 Å². The van der Waals surface area contributed by atoms with Gasteiger partial charge >= 0.3 is 0 Å². The number of aryl methyl sites for hydroxylation is 1. The lowest BCUT2D eigenvalue weighted by molar-refractivity contribution is 0.283. The number of benzene rings is 2. The summed E-state index contributed by atoms with van der Waals surface area (Å²) in [6.45, 7) is 0.739. The Bertz CT molecular complexity index is 661. The largest absolute Gasteiger partial charge is 0.493 e. The minimum atomic E-state index is -0.187. The summed E-state index contributed by atoms with van der Waals surface area (Å²) in [6, 6.07) is 11.5. The van der Waals surface area contributed by atoms with E-state index >= 15 is 0 Å². The number of nitrogens with two attached hydrogens (primary N) is 1. The zero-order chi connectivity index (χ0) is 14.8. The van der Waals surface area contributed by atoms with E-state index in [1.54, 1.807) is 6.07 Å². The van der Waals surface area contributed by atoms with Crippen molar-refractivity contribution in [3.63, 3.8) is 0 Å². The number of hydrazine groups is 1. The second-order valence-corrected chi connectivity index (χ2v) is 5.88. The number of fused-ring (bicyclic) bond motifs is 1. The fourth-order valence-electron chi connectivity index (χ4n) is 2.70. The van der Waals surface area contributed by atoms with Crippen LogP contribution in [0.5, 0.6) is 5.75 Å². The van der Waals surface area contributed by atoms with Crippen LogP contribution < -0.4 is 16.0 Å². The first-order valence-corrected chi connectivity index (χ1v) is 7.62. The lowest BCUT2D eigenvalue weighted by atomic mass is 9.94. The van der Waals surface area contributed by atoms with Gasteiger partial charge in [-0.25, -0.2) is 5.43 Å². The highest BCUT2D eigenvalue weighted by Gasteiger charge is 2.22. The Morgan fingerprint density at radius 1 is 1.14 bits per heavy atom. The van der Waals surface area contributed by atoms with E-state index in [9.17, 15) is 0 Å². The first kappa shape index (κ1) is 14.7. The maximum atomic E-state index is 6.11. The third-order valence-electron chi connectivity index (χ3n) is 3.72. The van der Waals surface area contributed by atoms with Crippen molar-refractivity contribution in [1.82, 2.24) is 5.43 Å². The number of nitrogens with one attached hydrogen (secondary N) is 1. The van der Waals surface area contributed by atoms with Gasteiger partial charge in [-0.05, 0) is 36.1 Å². The molecule has 0 spiro atoms. The predicted octanol–water partition coefficient (Wildman–Crippen LogP) is 3.87. The molecule has 0 fully saturated rings. The molecule has 0 saturated heterocycles. The summed E-state index contributed by atoms with van der Waals surface area (Å²) in [4.78, 5) is 0. The normalized spacial score (nSPS) is 15.2. The van der Waals surface area contributed by atoms with Gasteiger partial charge in [0.2, 0.25) is 0 Å². The van der Waals surface area contributed by atoms with Crippen molar-refractivity contribution in [2.75, 3.05) is 6.61 Å². The topological polar surface area (TPSA) is 47.3 Å². The monoisotopic (exact) mass is 322 g/mol. The van der Waals surface area contributed by atoms with Crippen LogP contribution in [0.1, 0.15) is 29.2 Å². The Morgan fingerprint density at radius 3 is 2.76 bits per heavy atom. The van der Waals surface area contributed by atoms with Crippen molar-refractivity contribution >= 4 is 23.2 Å². The van der Waals surface area contributed by atoms with E-state index in [2.05, 4.69) is 11.5 Å². The number of ether oxygens (including phenoxy) is 1. The van der Waals surface area contributed by atoms with E-state index in [4.69, 9.17) is 33.8 Å². The molecule has 3 N–H and O–H groups in total. The van der Waals surface area contributed by atoms with Gasteiger partial charge in [-0.3, -0.25) is 5.84 Å². The van der Waals surface area contributed by atoms with Gasteiger partial charge in [0.15, 0.2) is 0 Å². The van der Waals surface area contributed by atoms with Crippen molar-refractivity contribution in [2.24, 2.45) is 5.84 Å². The fourth-order valence-corrected chi connectivity index (χ4v) is 3.01. The van der Waals surface area contributed by atoms with E-state index in [-0.39, 0.29) is 6.04 Å². The van der Waals surface area contributed by atoms with Gasteiger partial charge in [-0.2, -0.15) is 0 Å². The van der Waals surface area contributed by atoms with Crippen LogP contribution in [0.4, 0.5) is 0 Å². The van der Waals surface area contributed by atoms with Crippen LogP contribution in [-0.4, -0.2) is 6.61 Å². The molecule has 3 rings (SSSR count). The zero-order valence-electron chi connectivity index (χ0n) is 11.4. The number of halogens is 2. The second kappa shape index (κ2) is 6.24. The molecule has 2 aromatic rings. The highest BCUT2D eigenvalue weighted by molar-refractivity contribution is 6.42. The minimum absolute atomic E-state index is 0.187. The average molecular weight is 323 g/mol. The molecular weight excluding hydrogens is 307 g/mol.